The Labute approximate surface area is 146 Å². The fourth-order valence-electron chi connectivity index (χ4n) is 2.27. The van der Waals surface area contributed by atoms with E-state index in [0.717, 1.165) is 6.07 Å². The lowest BCUT2D eigenvalue weighted by molar-refractivity contribution is -0.237. The molecule has 1 aromatic carbocycles. The van der Waals surface area contributed by atoms with Gasteiger partial charge in [-0.2, -0.15) is 13.2 Å². The topological polar surface area (TPSA) is 131 Å². The standard InChI is InChI=1S/C13H13BrF3NO7/c14-5-3-4(13(15,16)17)1-2-6(5)18(24)11-9(21)7(19)8(20)10(25-11)12(22)23/h1-3,7-11,19-21,24H,(H,22,23)/t7-,8-,9+,10-,11+/m1/s1. The van der Waals surface area contributed by atoms with E-state index in [1.807, 2.05) is 0 Å². The lowest BCUT2D eigenvalue weighted by atomic mass is 9.97. The van der Waals surface area contributed by atoms with Gasteiger partial charge >= 0.3 is 12.1 Å². The number of carbonyl (C=O) groups is 1. The molecular formula is C13H13BrF3NO7. The number of hydrogen-bond acceptors (Lipinski definition) is 7. The van der Waals surface area contributed by atoms with Gasteiger partial charge in [0, 0.05) is 4.47 Å². The average molecular weight is 432 g/mol. The molecule has 0 saturated carbocycles. The van der Waals surface area contributed by atoms with E-state index in [4.69, 9.17) is 9.84 Å². The third kappa shape index (κ3) is 3.88. The van der Waals surface area contributed by atoms with Gasteiger partial charge in [0.1, 0.15) is 18.3 Å². The Bertz CT molecular complexity index is 659. The van der Waals surface area contributed by atoms with Crippen LogP contribution in [0, 0.1) is 0 Å². The van der Waals surface area contributed by atoms with Crippen molar-refractivity contribution in [2.24, 2.45) is 0 Å². The largest absolute Gasteiger partial charge is 0.479 e. The molecule has 0 aliphatic carbocycles. The normalized spacial score (nSPS) is 30.2. The van der Waals surface area contributed by atoms with Crippen LogP contribution in [0.15, 0.2) is 22.7 Å². The maximum Gasteiger partial charge on any atom is 0.416 e. The summed E-state index contributed by atoms with van der Waals surface area (Å²) >= 11 is 2.83. The first-order chi connectivity index (χ1) is 11.4. The van der Waals surface area contributed by atoms with Gasteiger partial charge in [-0.1, -0.05) is 0 Å². The molecule has 5 N–H and O–H groups in total. The minimum Gasteiger partial charge on any atom is -0.479 e. The average Bonchev–Trinajstić information content (AvgIpc) is 2.51. The molecular weight excluding hydrogens is 419 g/mol. The highest BCUT2D eigenvalue weighted by Crippen LogP contribution is 2.36. The molecule has 140 valence electrons. The summed E-state index contributed by atoms with van der Waals surface area (Å²) in [5.41, 5.74) is -1.30. The van der Waals surface area contributed by atoms with Crippen LogP contribution in [-0.2, 0) is 15.7 Å². The summed E-state index contributed by atoms with van der Waals surface area (Å²) in [7, 11) is 0. The smallest absolute Gasteiger partial charge is 0.416 e. The van der Waals surface area contributed by atoms with E-state index in [1.54, 1.807) is 0 Å². The van der Waals surface area contributed by atoms with Crippen molar-refractivity contribution in [3.63, 3.8) is 0 Å². The second-order valence-corrected chi connectivity index (χ2v) is 6.12. The third-order valence-corrected chi connectivity index (χ3v) is 4.23. The Kier molecular flexibility index (Phi) is 5.61. The van der Waals surface area contributed by atoms with Crippen LogP contribution in [0.25, 0.3) is 0 Å². The van der Waals surface area contributed by atoms with Gasteiger partial charge in [-0.15, -0.1) is 0 Å². The second kappa shape index (κ2) is 7.05. The van der Waals surface area contributed by atoms with Crippen molar-refractivity contribution in [1.82, 2.24) is 0 Å². The van der Waals surface area contributed by atoms with E-state index in [2.05, 4.69) is 15.9 Å². The highest BCUT2D eigenvalue weighted by atomic mass is 79.9. The minimum atomic E-state index is -4.63. The number of nitrogens with zero attached hydrogens (tertiary/aromatic N) is 1. The second-order valence-electron chi connectivity index (χ2n) is 5.27. The van der Waals surface area contributed by atoms with E-state index >= 15 is 0 Å². The zero-order valence-electron chi connectivity index (χ0n) is 12.1. The first kappa shape index (κ1) is 19.9. The van der Waals surface area contributed by atoms with Gasteiger partial charge in [0.25, 0.3) is 0 Å². The molecule has 25 heavy (non-hydrogen) atoms. The molecule has 2 rings (SSSR count). The number of alkyl halides is 3. The van der Waals surface area contributed by atoms with E-state index in [1.165, 1.54) is 0 Å². The maximum atomic E-state index is 12.7. The summed E-state index contributed by atoms with van der Waals surface area (Å²) in [6.07, 6.45) is -14.3. The van der Waals surface area contributed by atoms with Crippen molar-refractivity contribution in [3.8, 4) is 0 Å². The number of carboxylic acid groups (broad SMARTS) is 1. The molecule has 1 aliphatic heterocycles. The number of anilines is 1. The molecule has 1 heterocycles. The van der Waals surface area contributed by atoms with Gasteiger partial charge in [0.15, 0.2) is 12.3 Å². The van der Waals surface area contributed by atoms with E-state index in [-0.39, 0.29) is 15.2 Å². The first-order valence-corrected chi connectivity index (χ1v) is 7.51. The number of carboxylic acids is 1. The fourth-order valence-corrected chi connectivity index (χ4v) is 2.83. The molecule has 0 radical (unpaired) electrons. The van der Waals surface area contributed by atoms with Crippen LogP contribution in [0.4, 0.5) is 18.9 Å². The molecule has 1 saturated heterocycles. The lowest BCUT2D eigenvalue weighted by Crippen LogP contribution is -2.63. The summed E-state index contributed by atoms with van der Waals surface area (Å²) in [6.45, 7) is 0. The molecule has 0 unspecified atom stereocenters. The molecule has 0 spiro atoms. The summed E-state index contributed by atoms with van der Waals surface area (Å²) in [5.74, 6) is -1.66. The summed E-state index contributed by atoms with van der Waals surface area (Å²) in [6, 6.07) is 2.17. The van der Waals surface area contributed by atoms with Crippen LogP contribution in [-0.4, -0.2) is 62.2 Å². The predicted molar refractivity (Wildman–Crippen MR) is 77.7 cm³/mol. The highest BCUT2D eigenvalue weighted by molar-refractivity contribution is 9.10. The van der Waals surface area contributed by atoms with Crippen LogP contribution in [0.2, 0.25) is 0 Å². The van der Waals surface area contributed by atoms with E-state index in [9.17, 15) is 38.5 Å². The van der Waals surface area contributed by atoms with Crippen molar-refractivity contribution in [2.75, 3.05) is 5.06 Å². The van der Waals surface area contributed by atoms with Gasteiger partial charge in [-0.25, -0.2) is 9.86 Å². The number of aliphatic carboxylic acids is 1. The number of ether oxygens (including phenoxy) is 1. The highest BCUT2D eigenvalue weighted by Gasteiger charge is 2.49. The van der Waals surface area contributed by atoms with Crippen molar-refractivity contribution < 1.29 is 48.3 Å². The number of aliphatic hydroxyl groups excluding tert-OH is 3. The van der Waals surface area contributed by atoms with Crippen LogP contribution >= 0.6 is 15.9 Å². The predicted octanol–water partition coefficient (Wildman–Crippen LogP) is 0.556. The van der Waals surface area contributed by atoms with Crippen LogP contribution in [0.1, 0.15) is 5.56 Å². The zero-order valence-corrected chi connectivity index (χ0v) is 13.7. The Hall–Kier alpha value is -1.44. The molecule has 1 fully saturated rings. The van der Waals surface area contributed by atoms with Crippen LogP contribution in [0.5, 0.6) is 0 Å². The number of hydroxylamine groups is 1. The van der Waals surface area contributed by atoms with Gasteiger partial charge in [0.2, 0.25) is 0 Å². The quantitative estimate of drug-likeness (QED) is 0.438. The Morgan fingerprint density at radius 2 is 1.76 bits per heavy atom. The van der Waals surface area contributed by atoms with Gasteiger partial charge in [-0.3, -0.25) is 5.21 Å². The van der Waals surface area contributed by atoms with Gasteiger partial charge in [0.05, 0.1) is 11.3 Å². The van der Waals surface area contributed by atoms with Crippen molar-refractivity contribution in [3.05, 3.63) is 28.2 Å². The maximum absolute atomic E-state index is 12.7. The molecule has 0 amide bonds. The molecule has 1 aromatic rings. The van der Waals surface area contributed by atoms with Gasteiger partial charge < -0.3 is 25.2 Å². The Morgan fingerprint density at radius 3 is 2.24 bits per heavy atom. The molecule has 12 heteroatoms. The van der Waals surface area contributed by atoms with Crippen LogP contribution in [0.3, 0.4) is 0 Å². The molecule has 1 aliphatic rings. The van der Waals surface area contributed by atoms with Crippen molar-refractivity contribution in [2.45, 2.75) is 36.8 Å². The number of rotatable bonds is 3. The number of aliphatic hydroxyl groups is 3. The summed E-state index contributed by atoms with van der Waals surface area (Å²) < 4.78 is 42.6. The SMILES string of the molecule is O=C(O)[C@@H]1O[C@H](N(O)c2ccc(C(F)(F)F)cc2Br)[C@@H](O)[C@H](O)[C@H]1O. The van der Waals surface area contributed by atoms with E-state index in [0.29, 0.717) is 12.1 Å². The minimum absolute atomic E-state index is 0.167. The fraction of sp³-hybridized carbons (Fsp3) is 0.462. The number of benzene rings is 1. The molecule has 0 bridgehead atoms. The summed E-state index contributed by atoms with van der Waals surface area (Å²) in [5, 5.41) is 48.4. The van der Waals surface area contributed by atoms with Crippen LogP contribution < -0.4 is 5.06 Å². The Balaban J connectivity index is 2.32. The van der Waals surface area contributed by atoms with E-state index < -0.39 is 48.4 Å². The molecule has 0 aromatic heterocycles. The number of hydrogen-bond donors (Lipinski definition) is 5. The first-order valence-electron chi connectivity index (χ1n) is 6.72. The Morgan fingerprint density at radius 1 is 1.16 bits per heavy atom. The van der Waals surface area contributed by atoms with Crippen molar-refractivity contribution >= 4 is 27.6 Å². The molecule has 8 nitrogen and oxygen atoms in total. The summed E-state index contributed by atoms with van der Waals surface area (Å²) in [4.78, 5) is 11.0. The zero-order chi connectivity index (χ0) is 19.1. The van der Waals surface area contributed by atoms with Gasteiger partial charge in [-0.05, 0) is 34.1 Å². The third-order valence-electron chi connectivity index (χ3n) is 3.59. The lowest BCUT2D eigenvalue weighted by Gasteiger charge is -2.42. The number of halogens is 4. The monoisotopic (exact) mass is 431 g/mol. The van der Waals surface area contributed by atoms with Crippen molar-refractivity contribution in [1.29, 1.82) is 0 Å². The molecule has 5 atom stereocenters.